The Hall–Kier alpha value is -3.04. The number of nitrogens with zero attached hydrogens (tertiary/aromatic N) is 2. The van der Waals surface area contributed by atoms with Crippen LogP contribution in [0, 0.1) is 6.92 Å². The minimum atomic E-state index is -0.0442. The molecule has 34 heavy (non-hydrogen) atoms. The van der Waals surface area contributed by atoms with E-state index in [-0.39, 0.29) is 11.8 Å². The number of carbonyl (C=O) groups excluding carboxylic acids is 1. The third kappa shape index (κ3) is 4.90. The standard InChI is InChI=1S/C30H31ClN2O/c1-22-12-14-23(15-13-22)20-33-21-28(26-10-3-4-11-29(26)33)27(24-8-7-9-25(31)18-24)19-30(34)32-16-5-2-6-17-32/h3-4,7-15,18,21,27H,2,5-6,16-17,19-20H2,1H3/t27-/m1/s1. The molecule has 0 saturated carbocycles. The maximum Gasteiger partial charge on any atom is 0.223 e. The van der Waals surface area contributed by atoms with Crippen LogP contribution in [-0.4, -0.2) is 28.5 Å². The van der Waals surface area contributed by atoms with Crippen LogP contribution in [0.4, 0.5) is 0 Å². The number of benzene rings is 3. The molecule has 0 aliphatic carbocycles. The summed E-state index contributed by atoms with van der Waals surface area (Å²) < 4.78 is 2.32. The van der Waals surface area contributed by atoms with Crippen molar-refractivity contribution in [3.8, 4) is 0 Å². The Labute approximate surface area is 207 Å². The van der Waals surface area contributed by atoms with E-state index in [1.807, 2.05) is 23.1 Å². The van der Waals surface area contributed by atoms with E-state index in [1.165, 1.54) is 34.0 Å². The number of hydrogen-bond acceptors (Lipinski definition) is 1. The van der Waals surface area contributed by atoms with Crippen molar-refractivity contribution in [1.29, 1.82) is 0 Å². The molecule has 1 fully saturated rings. The third-order valence-electron chi connectivity index (χ3n) is 7.01. The molecule has 0 spiro atoms. The number of carbonyl (C=O) groups is 1. The fourth-order valence-electron chi connectivity index (χ4n) is 5.15. The van der Waals surface area contributed by atoms with Gasteiger partial charge in [-0.2, -0.15) is 0 Å². The number of rotatable bonds is 6. The van der Waals surface area contributed by atoms with E-state index < -0.39 is 0 Å². The van der Waals surface area contributed by atoms with Crippen molar-refractivity contribution in [2.24, 2.45) is 0 Å². The number of para-hydroxylation sites is 1. The first kappa shape index (κ1) is 22.7. The molecule has 1 aliphatic heterocycles. The highest BCUT2D eigenvalue weighted by Gasteiger charge is 2.26. The van der Waals surface area contributed by atoms with Gasteiger partial charge in [-0.3, -0.25) is 4.79 Å². The highest BCUT2D eigenvalue weighted by molar-refractivity contribution is 6.30. The molecule has 2 heterocycles. The molecule has 4 aromatic rings. The molecule has 1 saturated heterocycles. The second-order valence-corrected chi connectivity index (χ2v) is 9.90. The van der Waals surface area contributed by atoms with E-state index in [4.69, 9.17) is 11.6 Å². The Morgan fingerprint density at radius 1 is 0.941 bits per heavy atom. The molecule has 0 radical (unpaired) electrons. The molecule has 1 amide bonds. The lowest BCUT2D eigenvalue weighted by atomic mass is 9.87. The van der Waals surface area contributed by atoms with Crippen LogP contribution < -0.4 is 0 Å². The molecular weight excluding hydrogens is 440 g/mol. The van der Waals surface area contributed by atoms with E-state index in [9.17, 15) is 4.79 Å². The number of amides is 1. The van der Waals surface area contributed by atoms with Gasteiger partial charge in [-0.25, -0.2) is 0 Å². The molecule has 3 nitrogen and oxygen atoms in total. The lowest BCUT2D eigenvalue weighted by Crippen LogP contribution is -2.36. The number of hydrogen-bond donors (Lipinski definition) is 0. The summed E-state index contributed by atoms with van der Waals surface area (Å²) in [6, 6.07) is 25.2. The normalized spacial score (nSPS) is 14.9. The van der Waals surface area contributed by atoms with Crippen LogP contribution in [0.15, 0.2) is 79.0 Å². The zero-order chi connectivity index (χ0) is 23.5. The van der Waals surface area contributed by atoms with Gasteiger partial charge in [0.15, 0.2) is 0 Å². The molecule has 0 N–H and O–H groups in total. The van der Waals surface area contributed by atoms with Crippen LogP contribution in [0.3, 0.4) is 0 Å². The first-order valence-electron chi connectivity index (χ1n) is 12.2. The maximum absolute atomic E-state index is 13.4. The van der Waals surface area contributed by atoms with Crippen molar-refractivity contribution in [3.63, 3.8) is 0 Å². The van der Waals surface area contributed by atoms with Gasteiger partial charge in [0.1, 0.15) is 0 Å². The quantitative estimate of drug-likeness (QED) is 0.293. The van der Waals surface area contributed by atoms with Gasteiger partial charge in [0.2, 0.25) is 5.91 Å². The van der Waals surface area contributed by atoms with E-state index >= 15 is 0 Å². The molecule has 1 aromatic heterocycles. The van der Waals surface area contributed by atoms with Gasteiger partial charge in [-0.05, 0) is 61.1 Å². The number of aromatic nitrogens is 1. The zero-order valence-corrected chi connectivity index (χ0v) is 20.5. The first-order valence-corrected chi connectivity index (χ1v) is 12.6. The van der Waals surface area contributed by atoms with Crippen molar-refractivity contribution in [2.75, 3.05) is 13.1 Å². The second-order valence-electron chi connectivity index (χ2n) is 9.47. The molecule has 1 atom stereocenters. The zero-order valence-electron chi connectivity index (χ0n) is 19.7. The molecule has 4 heteroatoms. The van der Waals surface area contributed by atoms with Crippen molar-refractivity contribution in [3.05, 3.63) is 106 Å². The highest BCUT2D eigenvalue weighted by Crippen LogP contribution is 2.36. The lowest BCUT2D eigenvalue weighted by molar-refractivity contribution is -0.132. The first-order chi connectivity index (χ1) is 16.6. The molecular formula is C30H31ClN2O. The number of aryl methyl sites for hydroxylation is 1. The van der Waals surface area contributed by atoms with E-state index in [1.54, 1.807) is 0 Å². The summed E-state index contributed by atoms with van der Waals surface area (Å²) in [4.78, 5) is 15.4. The number of piperidine rings is 1. The van der Waals surface area contributed by atoms with Crippen LogP contribution >= 0.6 is 11.6 Å². The van der Waals surface area contributed by atoms with Crippen molar-refractivity contribution < 1.29 is 4.79 Å². The summed E-state index contributed by atoms with van der Waals surface area (Å²) >= 11 is 6.40. The fourth-order valence-corrected chi connectivity index (χ4v) is 5.35. The van der Waals surface area contributed by atoms with Gasteiger partial charge in [-0.15, -0.1) is 0 Å². The second kappa shape index (κ2) is 10.1. The Morgan fingerprint density at radius 3 is 2.47 bits per heavy atom. The summed E-state index contributed by atoms with van der Waals surface area (Å²) in [5, 5.41) is 1.90. The summed E-state index contributed by atoms with van der Waals surface area (Å²) in [7, 11) is 0. The van der Waals surface area contributed by atoms with Gasteiger partial charge >= 0.3 is 0 Å². The lowest BCUT2D eigenvalue weighted by Gasteiger charge is -2.28. The van der Waals surface area contributed by atoms with Gasteiger partial charge < -0.3 is 9.47 Å². The number of halogens is 1. The topological polar surface area (TPSA) is 25.2 Å². The molecule has 5 rings (SSSR count). The third-order valence-corrected chi connectivity index (χ3v) is 7.24. The minimum absolute atomic E-state index is 0.0442. The fraction of sp³-hybridized carbons (Fsp3) is 0.300. The predicted octanol–water partition coefficient (Wildman–Crippen LogP) is 7.19. The molecule has 0 unspecified atom stereocenters. The maximum atomic E-state index is 13.4. The SMILES string of the molecule is Cc1ccc(Cn2cc([C@H](CC(=O)N3CCCCC3)c3cccc(Cl)c3)c3ccccc32)cc1. The van der Waals surface area contributed by atoms with Crippen molar-refractivity contribution in [1.82, 2.24) is 9.47 Å². The van der Waals surface area contributed by atoms with Crippen LogP contribution in [0.25, 0.3) is 10.9 Å². The van der Waals surface area contributed by atoms with Crippen LogP contribution in [0.1, 0.15) is 53.9 Å². The van der Waals surface area contributed by atoms with E-state index in [0.29, 0.717) is 11.4 Å². The smallest absolute Gasteiger partial charge is 0.223 e. The summed E-state index contributed by atoms with van der Waals surface area (Å²) in [6.45, 7) is 4.65. The summed E-state index contributed by atoms with van der Waals surface area (Å²) in [6.07, 6.45) is 6.12. The minimum Gasteiger partial charge on any atom is -0.343 e. The van der Waals surface area contributed by atoms with E-state index in [0.717, 1.165) is 38.0 Å². The van der Waals surface area contributed by atoms with Gasteiger partial charge in [0.05, 0.1) is 0 Å². The molecule has 3 aromatic carbocycles. The molecule has 0 bridgehead atoms. The van der Waals surface area contributed by atoms with Crippen molar-refractivity contribution in [2.45, 2.75) is 45.1 Å². The predicted molar refractivity (Wildman–Crippen MR) is 141 cm³/mol. The molecule has 174 valence electrons. The highest BCUT2D eigenvalue weighted by atomic mass is 35.5. The Morgan fingerprint density at radius 2 is 1.71 bits per heavy atom. The average Bonchev–Trinajstić information content (AvgIpc) is 3.22. The monoisotopic (exact) mass is 470 g/mol. The number of fused-ring (bicyclic) bond motifs is 1. The van der Waals surface area contributed by atoms with Crippen LogP contribution in [0.5, 0.6) is 0 Å². The van der Waals surface area contributed by atoms with Gasteiger partial charge in [0, 0.05) is 54.1 Å². The number of likely N-dealkylation sites (tertiary alicyclic amines) is 1. The van der Waals surface area contributed by atoms with Crippen molar-refractivity contribution >= 4 is 28.4 Å². The Bertz CT molecular complexity index is 1280. The van der Waals surface area contributed by atoms with Gasteiger partial charge in [-0.1, -0.05) is 71.8 Å². The summed E-state index contributed by atoms with van der Waals surface area (Å²) in [5.74, 6) is 0.192. The van der Waals surface area contributed by atoms with Gasteiger partial charge in [0.25, 0.3) is 0 Å². The van der Waals surface area contributed by atoms with Crippen LogP contribution in [0.2, 0.25) is 5.02 Å². The Balaban J connectivity index is 1.56. The molecule has 1 aliphatic rings. The largest absolute Gasteiger partial charge is 0.343 e. The average molecular weight is 471 g/mol. The Kier molecular flexibility index (Phi) is 6.73. The van der Waals surface area contributed by atoms with Crippen LogP contribution in [-0.2, 0) is 11.3 Å². The van der Waals surface area contributed by atoms with E-state index in [2.05, 4.69) is 72.3 Å². The summed E-state index contributed by atoms with van der Waals surface area (Å²) in [5.41, 5.74) is 6.00.